The Kier molecular flexibility index (Phi) is 6.78. The number of primary amides is 1. The number of carbonyl (C=O) groups is 3. The molecule has 0 radical (unpaired) electrons. The van der Waals surface area contributed by atoms with Crippen LogP contribution in [0.15, 0.2) is 47.2 Å². The van der Waals surface area contributed by atoms with Crippen LogP contribution in [0.5, 0.6) is 5.75 Å². The minimum Gasteiger partial charge on any atom is -0.508 e. The molecular weight excluding hydrogens is 558 g/mol. The molecule has 2 aromatic carbocycles. The van der Waals surface area contributed by atoms with Gasteiger partial charge in [0, 0.05) is 29.2 Å². The summed E-state index contributed by atoms with van der Waals surface area (Å²) in [5, 5.41) is 57.7. The van der Waals surface area contributed by atoms with Crippen molar-refractivity contribution in [3.8, 4) is 16.9 Å². The number of hydrogen-bond donors (Lipinski definition) is 5. The second-order valence-corrected chi connectivity index (χ2v) is 12.7. The van der Waals surface area contributed by atoms with Gasteiger partial charge in [-0.2, -0.15) is 0 Å². The molecule has 4 atom stereocenters. The summed E-state index contributed by atoms with van der Waals surface area (Å²) in [6, 6.07) is 6.44. The number of benzene rings is 2. The molecule has 2 aromatic rings. The zero-order chi connectivity index (χ0) is 31.9. The summed E-state index contributed by atoms with van der Waals surface area (Å²) in [5.41, 5.74) is 2.38. The zero-order valence-corrected chi connectivity index (χ0v) is 24.3. The Morgan fingerprint density at radius 1 is 1.14 bits per heavy atom. The molecule has 1 saturated carbocycles. The maximum Gasteiger partial charge on any atom is 0.270 e. The number of ketones is 2. The molecule has 1 amide bonds. The predicted octanol–water partition coefficient (Wildman–Crippen LogP) is 2.84. The molecule has 3 aliphatic rings. The number of nitrogens with zero attached hydrogens (tertiary/aromatic N) is 2. The fourth-order valence-electron chi connectivity index (χ4n) is 6.93. The van der Waals surface area contributed by atoms with E-state index in [0.29, 0.717) is 22.3 Å². The minimum absolute atomic E-state index is 0.0601. The van der Waals surface area contributed by atoms with E-state index in [1.807, 2.05) is 20.8 Å². The summed E-state index contributed by atoms with van der Waals surface area (Å²) in [4.78, 5) is 52.1. The second kappa shape index (κ2) is 9.75. The van der Waals surface area contributed by atoms with E-state index in [2.05, 4.69) is 0 Å². The molecule has 0 heterocycles. The number of nitro groups is 1. The van der Waals surface area contributed by atoms with Gasteiger partial charge in [0.05, 0.1) is 16.5 Å². The van der Waals surface area contributed by atoms with Crippen LogP contribution in [0.25, 0.3) is 16.9 Å². The number of aliphatic hydroxyl groups excluding tert-OH is 2. The molecule has 6 N–H and O–H groups in total. The van der Waals surface area contributed by atoms with Crippen LogP contribution in [0.3, 0.4) is 0 Å². The Morgan fingerprint density at radius 3 is 2.35 bits per heavy atom. The van der Waals surface area contributed by atoms with Gasteiger partial charge in [-0.3, -0.25) is 29.4 Å². The third kappa shape index (κ3) is 4.23. The van der Waals surface area contributed by atoms with Gasteiger partial charge in [0.15, 0.2) is 11.4 Å². The Morgan fingerprint density at radius 2 is 1.79 bits per heavy atom. The molecule has 226 valence electrons. The molecule has 1 fully saturated rings. The van der Waals surface area contributed by atoms with Crippen LogP contribution in [0.2, 0.25) is 0 Å². The summed E-state index contributed by atoms with van der Waals surface area (Å²) < 4.78 is 0. The Balaban J connectivity index is 1.82. The van der Waals surface area contributed by atoms with Gasteiger partial charge in [-0.05, 0) is 61.0 Å². The number of nitro benzene ring substituents is 1. The molecule has 12 heteroatoms. The number of non-ortho nitro benzene ring substituents is 1. The number of aliphatic hydroxyl groups is 3. The number of phenols is 1. The van der Waals surface area contributed by atoms with Crippen molar-refractivity contribution in [3.63, 3.8) is 0 Å². The number of nitrogens with two attached hydrogens (primary N) is 1. The first-order valence-corrected chi connectivity index (χ1v) is 13.7. The highest BCUT2D eigenvalue weighted by atomic mass is 16.6. The Bertz CT molecular complexity index is 1700. The van der Waals surface area contributed by atoms with Crippen molar-refractivity contribution in [2.24, 2.45) is 17.6 Å². The smallest absolute Gasteiger partial charge is 0.270 e. The zero-order valence-electron chi connectivity index (χ0n) is 24.3. The van der Waals surface area contributed by atoms with Crippen molar-refractivity contribution in [1.82, 2.24) is 4.90 Å². The number of rotatable bonds is 4. The number of hydrogen-bond acceptors (Lipinski definition) is 10. The first-order chi connectivity index (χ1) is 19.9. The third-order valence-corrected chi connectivity index (χ3v) is 8.90. The van der Waals surface area contributed by atoms with Gasteiger partial charge in [-0.15, -0.1) is 0 Å². The third-order valence-electron chi connectivity index (χ3n) is 8.90. The van der Waals surface area contributed by atoms with E-state index in [9.17, 15) is 44.9 Å². The Labute approximate surface area is 246 Å². The van der Waals surface area contributed by atoms with Crippen LogP contribution in [-0.4, -0.2) is 73.5 Å². The molecule has 5 rings (SSSR count). The van der Waals surface area contributed by atoms with Crippen molar-refractivity contribution >= 4 is 28.9 Å². The number of carbonyl (C=O) groups excluding carboxylic acids is 3. The number of phenolic OH excluding ortho intramolecular Hbond substituents is 1. The van der Waals surface area contributed by atoms with Gasteiger partial charge in [0.2, 0.25) is 5.78 Å². The molecule has 12 nitrogen and oxygen atoms in total. The van der Waals surface area contributed by atoms with Crippen LogP contribution in [0.4, 0.5) is 5.69 Å². The van der Waals surface area contributed by atoms with Gasteiger partial charge in [0.25, 0.3) is 11.6 Å². The summed E-state index contributed by atoms with van der Waals surface area (Å²) >= 11 is 0. The van der Waals surface area contributed by atoms with E-state index in [1.165, 1.54) is 37.2 Å². The van der Waals surface area contributed by atoms with Gasteiger partial charge in [-0.1, -0.05) is 32.9 Å². The quantitative estimate of drug-likeness (QED) is 0.200. The van der Waals surface area contributed by atoms with E-state index >= 15 is 0 Å². The van der Waals surface area contributed by atoms with E-state index in [4.69, 9.17) is 5.73 Å². The molecule has 0 bridgehead atoms. The van der Waals surface area contributed by atoms with E-state index < -0.39 is 68.4 Å². The SMILES string of the molecule is CN(C)[C@H]1C(=O)C(C(N)=O)=C(O)[C@]2(O)C(=O)C3=C(O)c4c(O)c(C(C)(C)C)cc(-c5cccc([N+](=O)[O-])c5)c4C[C@@H]3C[C@H]12. The lowest BCUT2D eigenvalue weighted by molar-refractivity contribution is -0.384. The molecule has 3 aliphatic carbocycles. The average Bonchev–Trinajstić information content (AvgIpc) is 2.89. The lowest BCUT2D eigenvalue weighted by Gasteiger charge is -2.50. The number of fused-ring (bicyclic) bond motifs is 3. The largest absolute Gasteiger partial charge is 0.508 e. The second-order valence-electron chi connectivity index (χ2n) is 12.7. The highest BCUT2D eigenvalue weighted by molar-refractivity contribution is 6.24. The van der Waals surface area contributed by atoms with Crippen molar-refractivity contribution in [2.75, 3.05) is 14.1 Å². The van der Waals surface area contributed by atoms with Crippen LogP contribution >= 0.6 is 0 Å². The Hall–Kier alpha value is -4.55. The summed E-state index contributed by atoms with van der Waals surface area (Å²) in [6.07, 6.45) is -0.00747. The molecule has 0 saturated heterocycles. The first-order valence-electron chi connectivity index (χ1n) is 13.7. The van der Waals surface area contributed by atoms with Crippen molar-refractivity contribution in [3.05, 3.63) is 74.0 Å². The lowest BCUT2D eigenvalue weighted by Crippen LogP contribution is -2.65. The fourth-order valence-corrected chi connectivity index (χ4v) is 6.93. The normalized spacial score (nSPS) is 25.4. The molecule has 0 aliphatic heterocycles. The highest BCUT2D eigenvalue weighted by Gasteiger charge is 2.64. The van der Waals surface area contributed by atoms with Crippen LogP contribution < -0.4 is 5.73 Å². The number of aromatic hydroxyl groups is 1. The number of Topliss-reactive ketones (excluding diaryl/α,β-unsaturated/α-hetero) is 2. The van der Waals surface area contributed by atoms with Crippen LogP contribution in [0, 0.1) is 22.0 Å². The van der Waals surface area contributed by atoms with E-state index in [-0.39, 0.29) is 35.4 Å². The van der Waals surface area contributed by atoms with Gasteiger partial charge < -0.3 is 26.2 Å². The molecule has 0 aromatic heterocycles. The predicted molar refractivity (Wildman–Crippen MR) is 155 cm³/mol. The summed E-state index contributed by atoms with van der Waals surface area (Å²) in [6.45, 7) is 5.49. The summed E-state index contributed by atoms with van der Waals surface area (Å²) in [5.74, 6) is -7.32. The van der Waals surface area contributed by atoms with E-state index in [1.54, 1.807) is 12.1 Å². The van der Waals surface area contributed by atoms with Gasteiger partial charge in [0.1, 0.15) is 22.8 Å². The number of amides is 1. The van der Waals surface area contributed by atoms with Crippen molar-refractivity contribution in [1.29, 1.82) is 0 Å². The van der Waals surface area contributed by atoms with Crippen LogP contribution in [0.1, 0.15) is 43.9 Å². The minimum atomic E-state index is -2.75. The monoisotopic (exact) mass is 591 g/mol. The fraction of sp³-hybridized carbons (Fsp3) is 0.387. The number of likely N-dealkylation sites (N-methyl/N-ethyl adjacent to an activating group) is 1. The van der Waals surface area contributed by atoms with Crippen molar-refractivity contribution in [2.45, 2.75) is 50.7 Å². The average molecular weight is 592 g/mol. The maximum absolute atomic E-state index is 14.2. The highest BCUT2D eigenvalue weighted by Crippen LogP contribution is 2.55. The molecule has 43 heavy (non-hydrogen) atoms. The first kappa shape index (κ1) is 29.9. The topological polar surface area (TPSA) is 205 Å². The molecule has 0 spiro atoms. The van der Waals surface area contributed by atoms with E-state index in [0.717, 1.165) is 0 Å². The van der Waals surface area contributed by atoms with Gasteiger partial charge >= 0.3 is 0 Å². The molecular formula is C31H33N3O9. The lowest BCUT2D eigenvalue weighted by atomic mass is 9.57. The maximum atomic E-state index is 14.2. The van der Waals surface area contributed by atoms with Crippen LogP contribution in [-0.2, 0) is 26.2 Å². The molecule has 0 unspecified atom stereocenters. The van der Waals surface area contributed by atoms with Gasteiger partial charge in [-0.25, -0.2) is 0 Å². The standard InChI is InChI=1S/C31H33N3O9/c1-30(2,3)19-12-16(13-7-6-8-15(9-13)34(42)43)17-10-14-11-18-23(33(4)5)26(37)22(29(32)40)28(39)31(18,41)27(38)20(14)25(36)21(17)24(19)35/h6-9,12,14,18,23,35-36,39,41H,10-11H2,1-5H3,(H2,32,40)/t14-,18-,23-,31-/m1/s1. The summed E-state index contributed by atoms with van der Waals surface area (Å²) in [7, 11) is 3.06. The van der Waals surface area contributed by atoms with Crippen molar-refractivity contribution < 1.29 is 39.7 Å².